The molecule has 1 aliphatic carbocycles. The summed E-state index contributed by atoms with van der Waals surface area (Å²) in [5.41, 5.74) is 9.61. The van der Waals surface area contributed by atoms with Crippen molar-refractivity contribution in [2.45, 2.75) is 69.3 Å². The van der Waals surface area contributed by atoms with Gasteiger partial charge in [0.25, 0.3) is 0 Å². The van der Waals surface area contributed by atoms with Gasteiger partial charge in [-0.05, 0) is 57.9 Å². The van der Waals surface area contributed by atoms with Crippen molar-refractivity contribution < 1.29 is 41.2 Å². The van der Waals surface area contributed by atoms with Gasteiger partial charge in [0.2, 0.25) is 5.91 Å². The lowest BCUT2D eigenvalue weighted by atomic mass is 9.80. The largest absolute Gasteiger partial charge is 1.00 e. The summed E-state index contributed by atoms with van der Waals surface area (Å²) in [5.74, 6) is 0.542. The molecule has 1 amide bonds. The molecule has 4 N–H and O–H groups in total. The van der Waals surface area contributed by atoms with Gasteiger partial charge in [-0.25, -0.2) is 9.55 Å². The number of nitrogens with one attached hydrogen (secondary N) is 1. The van der Waals surface area contributed by atoms with E-state index in [1.165, 1.54) is 21.6 Å². The zero-order chi connectivity index (χ0) is 28.0. The van der Waals surface area contributed by atoms with Crippen LogP contribution < -0.4 is 27.4 Å². The molecule has 2 aromatic heterocycles. The minimum absolute atomic E-state index is 0. The van der Waals surface area contributed by atoms with Crippen LogP contribution in [0.5, 0.6) is 5.75 Å². The van der Waals surface area contributed by atoms with E-state index in [0.29, 0.717) is 11.7 Å². The van der Waals surface area contributed by atoms with Crippen molar-refractivity contribution in [2.24, 2.45) is 5.73 Å². The van der Waals surface area contributed by atoms with Crippen LogP contribution in [0.4, 0.5) is 0 Å². The van der Waals surface area contributed by atoms with Gasteiger partial charge in [0.1, 0.15) is 17.0 Å². The Morgan fingerprint density at radius 3 is 2.41 bits per heavy atom. The highest BCUT2D eigenvalue weighted by Gasteiger charge is 2.50. The maximum Gasteiger partial charge on any atom is 0.402 e. The normalized spacial score (nSPS) is 16.0. The van der Waals surface area contributed by atoms with Gasteiger partial charge < -0.3 is 28.0 Å². The summed E-state index contributed by atoms with van der Waals surface area (Å²) in [6.07, 6.45) is 1.72. The number of rotatable bonds is 10. The Morgan fingerprint density at radius 2 is 1.82 bits per heavy atom. The molecule has 2 heterocycles. The second-order valence-electron chi connectivity index (χ2n) is 10.6. The molecule has 0 saturated heterocycles. The number of hydrogen-bond donors (Lipinski definition) is 3. The van der Waals surface area contributed by atoms with Crippen molar-refractivity contribution in [3.8, 4) is 11.7 Å². The number of carboxylic acid groups (broad SMARTS) is 1. The fourth-order valence-corrected chi connectivity index (χ4v) is 7.94. The molecule has 3 aromatic rings. The first kappa shape index (κ1) is 30.8. The van der Waals surface area contributed by atoms with Gasteiger partial charge in [-0.2, -0.15) is 0 Å². The molecule has 9 nitrogen and oxygen atoms in total. The van der Waals surface area contributed by atoms with Crippen LogP contribution in [0.25, 0.3) is 17.0 Å². The summed E-state index contributed by atoms with van der Waals surface area (Å²) in [4.78, 5) is 44.0. The molecular formula is C27H33ClN4O5S2. The molecule has 0 spiro atoms. The average Bonchev–Trinajstić information content (AvgIpc) is 3.30. The molecule has 0 aliphatic heterocycles. The van der Waals surface area contributed by atoms with Crippen LogP contribution in [0.3, 0.4) is 0 Å². The summed E-state index contributed by atoms with van der Waals surface area (Å²) >= 11 is 0. The molecule has 0 fully saturated rings. The molecule has 0 bridgehead atoms. The molecule has 210 valence electrons. The Bertz CT molecular complexity index is 1380. The van der Waals surface area contributed by atoms with E-state index in [9.17, 15) is 19.5 Å². The minimum Gasteiger partial charge on any atom is -1.00 e. The van der Waals surface area contributed by atoms with Crippen molar-refractivity contribution >= 4 is 50.3 Å². The summed E-state index contributed by atoms with van der Waals surface area (Å²) in [6, 6.07) is 5.92. The summed E-state index contributed by atoms with van der Waals surface area (Å²) in [7, 11) is 4.40. The Balaban J connectivity index is 0.00000420. The monoisotopic (exact) mass is 592 g/mol. The zero-order valence-electron chi connectivity index (χ0n) is 22.8. The first-order valence-electron chi connectivity index (χ1n) is 12.2. The lowest BCUT2D eigenvalue weighted by molar-refractivity contribution is -0.610. The molecule has 12 heteroatoms. The third-order valence-electron chi connectivity index (χ3n) is 7.24. The van der Waals surface area contributed by atoms with Crippen molar-refractivity contribution in [1.82, 2.24) is 9.97 Å². The summed E-state index contributed by atoms with van der Waals surface area (Å²) in [5, 5.41) is 8.77. The fourth-order valence-electron chi connectivity index (χ4n) is 5.24. The molecule has 1 aromatic carbocycles. The first-order valence-corrected chi connectivity index (χ1v) is 14.6. The lowest BCUT2D eigenvalue weighted by Gasteiger charge is -2.21. The van der Waals surface area contributed by atoms with Crippen LogP contribution in [0.2, 0.25) is 0 Å². The Morgan fingerprint density at radius 1 is 1.18 bits per heavy atom. The second-order valence-corrected chi connectivity index (χ2v) is 13.3. The Hall–Kier alpha value is -2.76. The molecule has 39 heavy (non-hydrogen) atoms. The number of fused-ring (bicyclic) bond motifs is 2. The number of halogens is 1. The molecular weight excluding hydrogens is 560 g/mol. The number of carboxylic acids is 1. The van der Waals surface area contributed by atoms with Gasteiger partial charge in [-0.1, -0.05) is 26.6 Å². The van der Waals surface area contributed by atoms with E-state index in [1.807, 2.05) is 63.6 Å². The number of carbonyl (C=O) groups is 3. The number of ketones is 1. The number of nitrogens with two attached hydrogens (primary N) is 1. The topological polar surface area (TPSA) is 139 Å². The van der Waals surface area contributed by atoms with Crippen molar-refractivity contribution in [1.29, 1.82) is 0 Å². The number of methoxy groups -OCH3 is 1. The number of ether oxygens (including phenoxy) is 1. The van der Waals surface area contributed by atoms with Crippen LogP contribution in [-0.2, 0) is 31.0 Å². The highest BCUT2D eigenvalue weighted by atomic mass is 35.5. The molecule has 0 saturated carbocycles. The van der Waals surface area contributed by atoms with E-state index in [4.69, 9.17) is 15.5 Å². The number of amides is 1. The number of hydrogen-bond acceptors (Lipinski definition) is 7. The van der Waals surface area contributed by atoms with E-state index in [0.717, 1.165) is 39.2 Å². The number of H-pyrrole nitrogens is 1. The van der Waals surface area contributed by atoms with E-state index in [-0.39, 0.29) is 31.0 Å². The maximum atomic E-state index is 13.1. The Labute approximate surface area is 241 Å². The fraction of sp³-hybridized carbons (Fsp3) is 0.444. The zero-order valence-corrected chi connectivity index (χ0v) is 25.1. The molecule has 1 unspecified atom stereocenters. The van der Waals surface area contributed by atoms with Gasteiger partial charge in [0.05, 0.1) is 25.5 Å². The lowest BCUT2D eigenvalue weighted by Crippen LogP contribution is -3.00. The van der Waals surface area contributed by atoms with Crippen LogP contribution in [0, 0.1) is 6.92 Å². The highest BCUT2D eigenvalue weighted by molar-refractivity contribution is 8.76. The Kier molecular flexibility index (Phi) is 8.98. The highest BCUT2D eigenvalue weighted by Crippen LogP contribution is 2.47. The van der Waals surface area contributed by atoms with E-state index in [2.05, 4.69) is 4.98 Å². The molecule has 1 aliphatic rings. The predicted molar refractivity (Wildman–Crippen MR) is 149 cm³/mol. The number of primary amides is 1. The maximum absolute atomic E-state index is 13.1. The van der Waals surface area contributed by atoms with Crippen molar-refractivity contribution in [2.75, 3.05) is 7.11 Å². The van der Waals surface area contributed by atoms with Gasteiger partial charge in [0.15, 0.2) is 11.3 Å². The molecule has 4 rings (SSSR count). The second kappa shape index (κ2) is 11.4. The SMILES string of the molecule is COc1cc[n+](-c2nc3cc4c(cc3[nH]2)C(C)(C)C(=O)C4(C)C)c(CSSC(CC(N)=O)CC(=O)O)c1C.[Cl-]. The number of aromatic amines is 1. The quantitative estimate of drug-likeness (QED) is 0.233. The minimum atomic E-state index is -0.973. The molecule has 1 atom stereocenters. The number of imidazole rings is 1. The van der Waals surface area contributed by atoms with Crippen LogP contribution in [0.1, 0.15) is 62.9 Å². The van der Waals surface area contributed by atoms with Crippen molar-refractivity contribution in [3.63, 3.8) is 0 Å². The smallest absolute Gasteiger partial charge is 0.402 e. The number of pyridine rings is 1. The average molecular weight is 593 g/mol. The number of carbonyl (C=O) groups excluding carboxylic acids is 2. The third-order valence-corrected chi connectivity index (χ3v) is 9.95. The number of aliphatic carboxylic acids is 1. The van der Waals surface area contributed by atoms with E-state index >= 15 is 0 Å². The van der Waals surface area contributed by atoms with Gasteiger partial charge in [0, 0.05) is 34.1 Å². The number of Topliss-reactive ketones (excluding diaryl/α,β-unsaturated/α-hetero) is 1. The number of nitrogens with zero attached hydrogens (tertiary/aromatic N) is 2. The third kappa shape index (κ3) is 5.76. The van der Waals surface area contributed by atoms with Crippen LogP contribution in [-0.4, -0.2) is 45.1 Å². The number of aromatic nitrogens is 3. The predicted octanol–water partition coefficient (Wildman–Crippen LogP) is 0.899. The van der Waals surface area contributed by atoms with Gasteiger partial charge in [-0.15, -0.1) is 0 Å². The van der Waals surface area contributed by atoms with E-state index < -0.39 is 28.0 Å². The first-order chi connectivity index (χ1) is 17.8. The van der Waals surface area contributed by atoms with Gasteiger partial charge >= 0.3 is 11.9 Å². The van der Waals surface area contributed by atoms with Crippen LogP contribution >= 0.6 is 21.6 Å². The number of benzene rings is 1. The van der Waals surface area contributed by atoms with Gasteiger partial charge in [-0.3, -0.25) is 14.4 Å². The molecule has 0 radical (unpaired) electrons. The van der Waals surface area contributed by atoms with Crippen LogP contribution in [0.15, 0.2) is 24.4 Å². The van der Waals surface area contributed by atoms with Crippen molar-refractivity contribution in [3.05, 3.63) is 46.8 Å². The summed E-state index contributed by atoms with van der Waals surface area (Å²) < 4.78 is 7.50. The van der Waals surface area contributed by atoms with E-state index in [1.54, 1.807) is 7.11 Å². The standard InChI is InChI=1S/C27H32N4O5S2.ClH/c1-14-20(13-37-38-15(9-22(28)32)10-23(33)34)31(8-7-21(14)36-6)25-29-18-11-16-17(12-19(18)30-25)27(4,5)24(35)26(16,2)3;/h7-8,11-12,15H,9-10,13H2,1-6H3,(H3-,28,29,30,32,33,34);1H. The summed E-state index contributed by atoms with van der Waals surface area (Å²) in [6.45, 7) is 9.83.